The maximum Gasteiger partial charge on any atom is 0.288 e. The molecule has 0 radical (unpaired) electrons. The fraction of sp³-hybridized carbons (Fsp3) is 0.0714. The number of nitro groups is 1. The molecule has 0 spiro atoms. The summed E-state index contributed by atoms with van der Waals surface area (Å²) in [5.74, 6) is -1.07. The first kappa shape index (κ1) is 14.9. The van der Waals surface area contributed by atoms with Crippen molar-refractivity contribution in [2.45, 2.75) is 6.92 Å². The highest BCUT2D eigenvalue weighted by atomic mass is 35.5. The number of rotatable bonds is 3. The first-order valence-corrected chi connectivity index (χ1v) is 6.27. The van der Waals surface area contributed by atoms with E-state index in [0.717, 1.165) is 6.07 Å². The highest BCUT2D eigenvalue weighted by Gasteiger charge is 2.16. The second-order valence-corrected chi connectivity index (χ2v) is 4.74. The third-order valence-corrected chi connectivity index (χ3v) is 3.17. The average Bonchev–Trinajstić information content (AvgIpc) is 2.43. The van der Waals surface area contributed by atoms with Crippen LogP contribution < -0.4 is 5.32 Å². The molecule has 108 valence electrons. The van der Waals surface area contributed by atoms with Gasteiger partial charge in [0.05, 0.1) is 4.92 Å². The molecule has 1 N–H and O–H groups in total. The van der Waals surface area contributed by atoms with Crippen molar-refractivity contribution in [2.24, 2.45) is 0 Å². The summed E-state index contributed by atoms with van der Waals surface area (Å²) in [6.07, 6.45) is 0. The van der Waals surface area contributed by atoms with Crippen molar-refractivity contribution in [3.05, 3.63) is 68.5 Å². The van der Waals surface area contributed by atoms with Gasteiger partial charge in [-0.05, 0) is 36.8 Å². The molecule has 7 heteroatoms. The van der Waals surface area contributed by atoms with Crippen LogP contribution >= 0.6 is 11.6 Å². The monoisotopic (exact) mass is 308 g/mol. The molecule has 0 bridgehead atoms. The molecule has 21 heavy (non-hydrogen) atoms. The van der Waals surface area contributed by atoms with Crippen molar-refractivity contribution >= 4 is 28.9 Å². The van der Waals surface area contributed by atoms with Gasteiger partial charge in [0.25, 0.3) is 11.6 Å². The number of carbonyl (C=O) groups excluding carboxylic acids is 1. The van der Waals surface area contributed by atoms with E-state index in [1.165, 1.54) is 30.3 Å². The highest BCUT2D eigenvalue weighted by Crippen LogP contribution is 2.26. The first-order valence-electron chi connectivity index (χ1n) is 5.90. The predicted molar refractivity (Wildman–Crippen MR) is 77.2 cm³/mol. The first-order chi connectivity index (χ1) is 9.88. The van der Waals surface area contributed by atoms with E-state index < -0.39 is 16.6 Å². The Labute approximate surface area is 124 Å². The zero-order valence-electron chi connectivity index (χ0n) is 10.9. The fourth-order valence-corrected chi connectivity index (χ4v) is 1.90. The third kappa shape index (κ3) is 3.35. The maximum absolute atomic E-state index is 13.2. The Morgan fingerprint density at radius 1 is 1.29 bits per heavy atom. The number of hydrogen-bond acceptors (Lipinski definition) is 3. The van der Waals surface area contributed by atoms with Gasteiger partial charge in [0.1, 0.15) is 10.8 Å². The lowest BCUT2D eigenvalue weighted by molar-refractivity contribution is -0.384. The van der Waals surface area contributed by atoms with Gasteiger partial charge in [-0.25, -0.2) is 4.39 Å². The molecule has 0 saturated carbocycles. The van der Waals surface area contributed by atoms with Crippen molar-refractivity contribution < 1.29 is 14.1 Å². The minimum atomic E-state index is -0.674. The predicted octanol–water partition coefficient (Wildman–Crippen LogP) is 3.95. The molecule has 0 aliphatic carbocycles. The zero-order valence-corrected chi connectivity index (χ0v) is 11.6. The molecule has 0 aliphatic rings. The number of amides is 1. The zero-order chi connectivity index (χ0) is 15.6. The molecule has 0 heterocycles. The van der Waals surface area contributed by atoms with E-state index in [4.69, 9.17) is 11.6 Å². The third-order valence-electron chi connectivity index (χ3n) is 2.85. The lowest BCUT2D eigenvalue weighted by atomic mass is 10.1. The largest absolute Gasteiger partial charge is 0.322 e. The van der Waals surface area contributed by atoms with Crippen LogP contribution in [0.3, 0.4) is 0 Å². The van der Waals surface area contributed by atoms with Crippen LogP contribution in [0.1, 0.15) is 15.9 Å². The van der Waals surface area contributed by atoms with Gasteiger partial charge < -0.3 is 5.32 Å². The molecule has 0 saturated heterocycles. The van der Waals surface area contributed by atoms with Crippen LogP contribution in [0.5, 0.6) is 0 Å². The van der Waals surface area contributed by atoms with Gasteiger partial charge in [0, 0.05) is 17.3 Å². The molecular weight excluding hydrogens is 299 g/mol. The minimum Gasteiger partial charge on any atom is -0.322 e. The molecule has 2 aromatic rings. The van der Waals surface area contributed by atoms with Crippen molar-refractivity contribution in [3.8, 4) is 0 Å². The molecule has 0 atom stereocenters. The van der Waals surface area contributed by atoms with Crippen LogP contribution in [0.2, 0.25) is 5.02 Å². The molecule has 0 fully saturated rings. The van der Waals surface area contributed by atoms with Crippen molar-refractivity contribution in [1.29, 1.82) is 0 Å². The Bertz CT molecular complexity index is 734. The molecule has 1 amide bonds. The topological polar surface area (TPSA) is 72.2 Å². The van der Waals surface area contributed by atoms with Gasteiger partial charge in [-0.2, -0.15) is 0 Å². The standard InChI is InChI=1S/C14H10ClFN2O3/c1-8-2-4-10(16)7-12(8)17-14(19)9-3-5-11(15)13(6-9)18(20)21/h2-7H,1H3,(H,17,19). The lowest BCUT2D eigenvalue weighted by Gasteiger charge is -2.08. The van der Waals surface area contributed by atoms with Crippen LogP contribution in [0.4, 0.5) is 15.8 Å². The molecule has 0 unspecified atom stereocenters. The highest BCUT2D eigenvalue weighted by molar-refractivity contribution is 6.32. The number of nitrogens with one attached hydrogen (secondary N) is 1. The Hall–Kier alpha value is -2.47. The fourth-order valence-electron chi connectivity index (χ4n) is 1.72. The quantitative estimate of drug-likeness (QED) is 0.689. The van der Waals surface area contributed by atoms with Gasteiger partial charge in [-0.1, -0.05) is 17.7 Å². The smallest absolute Gasteiger partial charge is 0.288 e. The van der Waals surface area contributed by atoms with Crippen molar-refractivity contribution in [1.82, 2.24) is 0 Å². The Morgan fingerprint density at radius 3 is 2.67 bits per heavy atom. The van der Waals surface area contributed by atoms with Gasteiger partial charge in [0.15, 0.2) is 0 Å². The van der Waals surface area contributed by atoms with E-state index in [0.29, 0.717) is 11.3 Å². The SMILES string of the molecule is Cc1ccc(F)cc1NC(=O)c1ccc(Cl)c([N+](=O)[O-])c1. The number of halogens is 2. The Kier molecular flexibility index (Phi) is 4.18. The summed E-state index contributed by atoms with van der Waals surface area (Å²) in [7, 11) is 0. The average molecular weight is 309 g/mol. The number of nitro benzene ring substituents is 1. The summed E-state index contributed by atoms with van der Waals surface area (Å²) in [5.41, 5.74) is 0.681. The minimum absolute atomic E-state index is 0.0570. The van der Waals surface area contributed by atoms with Gasteiger partial charge in [0.2, 0.25) is 0 Å². The summed E-state index contributed by atoms with van der Waals surface area (Å²) < 4.78 is 13.2. The molecule has 0 aromatic heterocycles. The van der Waals surface area contributed by atoms with Crippen molar-refractivity contribution in [2.75, 3.05) is 5.32 Å². The maximum atomic E-state index is 13.2. The van der Waals surface area contributed by atoms with Crippen LogP contribution in [0.15, 0.2) is 36.4 Å². The normalized spacial score (nSPS) is 10.2. The molecule has 0 aliphatic heterocycles. The van der Waals surface area contributed by atoms with E-state index in [2.05, 4.69) is 5.32 Å². The van der Waals surface area contributed by atoms with E-state index in [9.17, 15) is 19.3 Å². The Morgan fingerprint density at radius 2 is 2.00 bits per heavy atom. The summed E-state index contributed by atoms with van der Waals surface area (Å²) in [6, 6.07) is 7.68. The molecule has 2 rings (SSSR count). The van der Waals surface area contributed by atoms with Crippen molar-refractivity contribution in [3.63, 3.8) is 0 Å². The van der Waals surface area contributed by atoms with Gasteiger partial charge in [-0.3, -0.25) is 14.9 Å². The Balaban J connectivity index is 2.30. The van der Waals surface area contributed by atoms with Crippen LogP contribution in [-0.4, -0.2) is 10.8 Å². The summed E-state index contributed by atoms with van der Waals surface area (Å²) in [5, 5.41) is 13.2. The summed E-state index contributed by atoms with van der Waals surface area (Å²) in [4.78, 5) is 22.2. The molecule has 5 nitrogen and oxygen atoms in total. The number of hydrogen-bond donors (Lipinski definition) is 1. The number of nitrogens with zero attached hydrogens (tertiary/aromatic N) is 1. The summed E-state index contributed by atoms with van der Waals surface area (Å²) in [6.45, 7) is 1.71. The van der Waals surface area contributed by atoms with E-state index in [1.807, 2.05) is 0 Å². The van der Waals surface area contributed by atoms with Crippen LogP contribution in [0.25, 0.3) is 0 Å². The van der Waals surface area contributed by atoms with Crippen LogP contribution in [0, 0.1) is 22.9 Å². The number of carbonyl (C=O) groups is 1. The summed E-state index contributed by atoms with van der Waals surface area (Å²) >= 11 is 5.68. The number of aryl methyl sites for hydroxylation is 1. The molecule has 2 aromatic carbocycles. The van der Waals surface area contributed by atoms with Crippen LogP contribution in [-0.2, 0) is 0 Å². The lowest BCUT2D eigenvalue weighted by Crippen LogP contribution is -2.13. The number of anilines is 1. The second-order valence-electron chi connectivity index (χ2n) is 4.34. The molecular formula is C14H10ClFN2O3. The van der Waals surface area contributed by atoms with Gasteiger partial charge in [-0.15, -0.1) is 0 Å². The van der Waals surface area contributed by atoms with Gasteiger partial charge >= 0.3 is 0 Å². The van der Waals surface area contributed by atoms with E-state index in [1.54, 1.807) is 6.92 Å². The van der Waals surface area contributed by atoms with E-state index >= 15 is 0 Å². The number of benzene rings is 2. The van der Waals surface area contributed by atoms with E-state index in [-0.39, 0.29) is 16.3 Å². The second kappa shape index (κ2) is 5.88.